The molecular formula is C17H19ClN2O5S. The number of sulfonamides is 1. The number of halogens is 1. The Morgan fingerprint density at radius 1 is 1.12 bits per heavy atom. The number of methoxy groups -OCH3 is 2. The second-order valence-electron chi connectivity index (χ2n) is 5.25. The first-order valence-corrected chi connectivity index (χ1v) is 9.44. The summed E-state index contributed by atoms with van der Waals surface area (Å²) in [4.78, 5) is 12.3. The van der Waals surface area contributed by atoms with E-state index in [4.69, 9.17) is 21.1 Å². The zero-order valence-corrected chi connectivity index (χ0v) is 15.8. The van der Waals surface area contributed by atoms with Gasteiger partial charge in [-0.3, -0.25) is 9.52 Å². The third-order valence-corrected chi connectivity index (χ3v) is 5.11. The molecule has 0 atom stereocenters. The molecule has 1 amide bonds. The molecule has 26 heavy (non-hydrogen) atoms. The van der Waals surface area contributed by atoms with Gasteiger partial charge in [0.2, 0.25) is 0 Å². The Morgan fingerprint density at radius 2 is 1.77 bits per heavy atom. The average molecular weight is 399 g/mol. The first kappa shape index (κ1) is 20.2. The van der Waals surface area contributed by atoms with E-state index in [2.05, 4.69) is 10.0 Å². The number of nitrogens with one attached hydrogen (secondary N) is 2. The Hall–Kier alpha value is -2.13. The van der Waals surface area contributed by atoms with E-state index in [-0.39, 0.29) is 23.0 Å². The maximum absolute atomic E-state index is 12.4. The van der Waals surface area contributed by atoms with E-state index in [0.29, 0.717) is 10.6 Å². The molecule has 2 aromatic rings. The van der Waals surface area contributed by atoms with Crippen LogP contribution in [0.1, 0.15) is 10.4 Å². The summed E-state index contributed by atoms with van der Waals surface area (Å²) in [7, 11) is -0.857. The van der Waals surface area contributed by atoms with Crippen molar-refractivity contribution < 1.29 is 22.7 Å². The largest absolute Gasteiger partial charge is 0.354 e. The van der Waals surface area contributed by atoms with Gasteiger partial charge in [0.25, 0.3) is 15.9 Å². The molecule has 0 aliphatic heterocycles. The van der Waals surface area contributed by atoms with E-state index in [9.17, 15) is 13.2 Å². The van der Waals surface area contributed by atoms with E-state index < -0.39 is 16.3 Å². The van der Waals surface area contributed by atoms with Crippen LogP contribution < -0.4 is 10.0 Å². The third kappa shape index (κ3) is 5.43. The van der Waals surface area contributed by atoms with Crippen molar-refractivity contribution in [1.82, 2.24) is 5.32 Å². The van der Waals surface area contributed by atoms with E-state index in [0.717, 1.165) is 0 Å². The Kier molecular flexibility index (Phi) is 6.98. The zero-order valence-electron chi connectivity index (χ0n) is 14.2. The van der Waals surface area contributed by atoms with Gasteiger partial charge in [0.05, 0.1) is 11.4 Å². The second-order valence-corrected chi connectivity index (χ2v) is 7.37. The van der Waals surface area contributed by atoms with Gasteiger partial charge >= 0.3 is 0 Å². The molecule has 0 radical (unpaired) electrons. The normalized spacial score (nSPS) is 11.4. The minimum Gasteiger partial charge on any atom is -0.354 e. The van der Waals surface area contributed by atoms with Gasteiger partial charge in [0.1, 0.15) is 0 Å². The number of anilines is 1. The summed E-state index contributed by atoms with van der Waals surface area (Å²) in [6.07, 6.45) is -0.564. The predicted molar refractivity (Wildman–Crippen MR) is 98.8 cm³/mol. The first-order chi connectivity index (χ1) is 12.4. The van der Waals surface area contributed by atoms with Gasteiger partial charge in [-0.05, 0) is 42.5 Å². The molecule has 0 bridgehead atoms. The molecule has 7 nitrogen and oxygen atoms in total. The van der Waals surface area contributed by atoms with Crippen LogP contribution in [0.2, 0.25) is 5.02 Å². The summed E-state index contributed by atoms with van der Waals surface area (Å²) in [5.74, 6) is -0.378. The Balaban J connectivity index is 2.11. The molecule has 2 rings (SSSR count). The number of carbonyl (C=O) groups is 1. The fourth-order valence-corrected chi connectivity index (χ4v) is 3.27. The van der Waals surface area contributed by atoms with E-state index in [1.807, 2.05) is 0 Å². The maximum atomic E-state index is 12.4. The number of hydrogen-bond acceptors (Lipinski definition) is 5. The van der Waals surface area contributed by atoms with Crippen LogP contribution in [0.4, 0.5) is 5.69 Å². The van der Waals surface area contributed by atoms with Crippen LogP contribution in [0.15, 0.2) is 53.4 Å². The lowest BCUT2D eigenvalue weighted by atomic mass is 10.2. The van der Waals surface area contributed by atoms with Gasteiger partial charge in [-0.25, -0.2) is 8.42 Å². The van der Waals surface area contributed by atoms with Crippen molar-refractivity contribution in [2.75, 3.05) is 25.5 Å². The summed E-state index contributed by atoms with van der Waals surface area (Å²) >= 11 is 5.77. The van der Waals surface area contributed by atoms with Crippen LogP contribution >= 0.6 is 11.6 Å². The number of rotatable bonds is 8. The summed E-state index contributed by atoms with van der Waals surface area (Å²) in [6, 6.07) is 11.9. The number of ether oxygens (including phenoxy) is 2. The van der Waals surface area contributed by atoms with Gasteiger partial charge in [-0.15, -0.1) is 0 Å². The van der Waals surface area contributed by atoms with Crippen LogP contribution in [0.25, 0.3) is 0 Å². The summed E-state index contributed by atoms with van der Waals surface area (Å²) < 4.78 is 37.2. The minimum atomic E-state index is -3.79. The van der Waals surface area contributed by atoms with E-state index in [1.54, 1.807) is 18.2 Å². The lowest BCUT2D eigenvalue weighted by molar-refractivity contribution is -0.0974. The highest BCUT2D eigenvalue weighted by molar-refractivity contribution is 7.92. The van der Waals surface area contributed by atoms with Gasteiger partial charge in [-0.1, -0.05) is 17.7 Å². The molecule has 0 unspecified atom stereocenters. The van der Waals surface area contributed by atoms with Crippen LogP contribution in [0.3, 0.4) is 0 Å². The standard InChI is InChI=1S/C17H19ClN2O5S/c1-24-16(25-2)11-19-17(21)12-4-3-5-14(10-12)20-26(22,23)15-8-6-13(18)7-9-15/h3-10,16,20H,11H2,1-2H3,(H,19,21). The smallest absolute Gasteiger partial charge is 0.261 e. The molecular weight excluding hydrogens is 380 g/mol. The van der Waals surface area contributed by atoms with Crippen molar-refractivity contribution in [1.29, 1.82) is 0 Å². The molecule has 140 valence electrons. The van der Waals surface area contributed by atoms with Crippen molar-refractivity contribution >= 4 is 33.2 Å². The molecule has 9 heteroatoms. The summed E-state index contributed by atoms with van der Waals surface area (Å²) in [5.41, 5.74) is 0.565. The molecule has 0 aliphatic rings. The van der Waals surface area contributed by atoms with Crippen molar-refractivity contribution in [3.05, 3.63) is 59.1 Å². The number of benzene rings is 2. The van der Waals surface area contributed by atoms with E-state index in [1.165, 1.54) is 44.6 Å². The highest BCUT2D eigenvalue weighted by Crippen LogP contribution is 2.19. The topological polar surface area (TPSA) is 93.7 Å². The van der Waals surface area contributed by atoms with Crippen LogP contribution in [-0.2, 0) is 19.5 Å². The molecule has 2 N–H and O–H groups in total. The van der Waals surface area contributed by atoms with Crippen LogP contribution in [0, 0.1) is 0 Å². The molecule has 0 saturated carbocycles. The molecule has 0 aliphatic carbocycles. The number of amides is 1. The first-order valence-electron chi connectivity index (χ1n) is 7.58. The Labute approximate surface area is 157 Å². The van der Waals surface area contributed by atoms with E-state index >= 15 is 0 Å². The summed E-state index contributed by atoms with van der Waals surface area (Å²) in [5, 5.41) is 3.09. The average Bonchev–Trinajstić information content (AvgIpc) is 2.62. The monoisotopic (exact) mass is 398 g/mol. The van der Waals surface area contributed by atoms with Crippen molar-refractivity contribution in [2.24, 2.45) is 0 Å². The SMILES string of the molecule is COC(CNC(=O)c1cccc(NS(=O)(=O)c2ccc(Cl)cc2)c1)OC. The fourth-order valence-electron chi connectivity index (χ4n) is 2.09. The fraction of sp³-hybridized carbons (Fsp3) is 0.235. The molecule has 2 aromatic carbocycles. The number of hydrogen-bond donors (Lipinski definition) is 2. The third-order valence-electron chi connectivity index (χ3n) is 3.46. The predicted octanol–water partition coefficient (Wildman–Crippen LogP) is 2.49. The lowest BCUT2D eigenvalue weighted by Crippen LogP contribution is -2.34. The van der Waals surface area contributed by atoms with Crippen LogP contribution in [-0.4, -0.2) is 41.4 Å². The molecule has 0 fully saturated rings. The summed E-state index contributed by atoms with van der Waals surface area (Å²) in [6.45, 7) is 0.159. The van der Waals surface area contributed by atoms with Crippen molar-refractivity contribution in [3.63, 3.8) is 0 Å². The Morgan fingerprint density at radius 3 is 2.38 bits per heavy atom. The minimum absolute atomic E-state index is 0.0692. The maximum Gasteiger partial charge on any atom is 0.261 e. The highest BCUT2D eigenvalue weighted by atomic mass is 35.5. The van der Waals surface area contributed by atoms with Gasteiger partial charge in [0, 0.05) is 30.5 Å². The Bertz CT molecular complexity index is 852. The lowest BCUT2D eigenvalue weighted by Gasteiger charge is -2.14. The molecule has 0 heterocycles. The molecule has 0 spiro atoms. The highest BCUT2D eigenvalue weighted by Gasteiger charge is 2.15. The molecule has 0 saturated heterocycles. The van der Waals surface area contributed by atoms with Crippen molar-refractivity contribution in [2.45, 2.75) is 11.2 Å². The van der Waals surface area contributed by atoms with Crippen LogP contribution in [0.5, 0.6) is 0 Å². The second kappa shape index (κ2) is 9.00. The van der Waals surface area contributed by atoms with Crippen molar-refractivity contribution in [3.8, 4) is 0 Å². The van der Waals surface area contributed by atoms with Gasteiger partial charge in [-0.2, -0.15) is 0 Å². The number of carbonyl (C=O) groups excluding carboxylic acids is 1. The molecule has 0 aromatic heterocycles. The zero-order chi connectivity index (χ0) is 19.2. The van der Waals surface area contributed by atoms with Gasteiger partial charge < -0.3 is 14.8 Å². The quantitative estimate of drug-likeness (QED) is 0.666. The van der Waals surface area contributed by atoms with Gasteiger partial charge in [0.15, 0.2) is 6.29 Å².